The van der Waals surface area contributed by atoms with Crippen LogP contribution in [0, 0.1) is 4.77 Å². The van der Waals surface area contributed by atoms with Crippen LogP contribution in [-0.2, 0) is 16.1 Å². The second-order valence-corrected chi connectivity index (χ2v) is 6.07. The van der Waals surface area contributed by atoms with E-state index < -0.39 is 0 Å². The molecule has 8 heteroatoms. The summed E-state index contributed by atoms with van der Waals surface area (Å²) in [5.41, 5.74) is 0.867. The summed E-state index contributed by atoms with van der Waals surface area (Å²) < 4.78 is 12.8. The van der Waals surface area contributed by atoms with Crippen LogP contribution in [0.4, 0.5) is 0 Å². The van der Waals surface area contributed by atoms with Gasteiger partial charge in [0, 0.05) is 18.7 Å². The number of nitrogens with one attached hydrogen (secondary N) is 1. The van der Waals surface area contributed by atoms with Crippen LogP contribution < -0.4 is 4.74 Å². The standard InChI is InChI=1S/C16H20N4O3S/c1-11-9-19(7-8-23-11)14(21)10-20-15(17-18-16(20)24)12-3-5-13(22-2)6-4-12/h3-6,11H,7-10H2,1-2H3,(H,18,24)/t11-/m0/s1. The zero-order valence-electron chi connectivity index (χ0n) is 13.7. The van der Waals surface area contributed by atoms with E-state index in [2.05, 4.69) is 10.2 Å². The smallest absolute Gasteiger partial charge is 0.242 e. The number of nitrogens with zero attached hydrogens (tertiary/aromatic N) is 3. The summed E-state index contributed by atoms with van der Waals surface area (Å²) in [6.07, 6.45) is 0.0566. The minimum absolute atomic E-state index is 0.0115. The van der Waals surface area contributed by atoms with Crippen molar-refractivity contribution in [1.82, 2.24) is 19.7 Å². The Kier molecular flexibility index (Phi) is 4.96. The van der Waals surface area contributed by atoms with E-state index in [1.165, 1.54) is 0 Å². The van der Waals surface area contributed by atoms with Crippen LogP contribution in [0.5, 0.6) is 5.75 Å². The fraction of sp³-hybridized carbons (Fsp3) is 0.438. The van der Waals surface area contributed by atoms with E-state index in [4.69, 9.17) is 21.7 Å². The fourth-order valence-corrected chi connectivity index (χ4v) is 2.90. The molecule has 2 heterocycles. The predicted molar refractivity (Wildman–Crippen MR) is 91.4 cm³/mol. The number of morpholine rings is 1. The number of methoxy groups -OCH3 is 1. The molecule has 0 bridgehead atoms. The zero-order valence-corrected chi connectivity index (χ0v) is 14.5. The number of amides is 1. The molecule has 2 aromatic rings. The van der Waals surface area contributed by atoms with Crippen LogP contribution in [0.3, 0.4) is 0 Å². The molecule has 1 amide bonds. The van der Waals surface area contributed by atoms with Gasteiger partial charge in [-0.3, -0.25) is 14.5 Å². The monoisotopic (exact) mass is 348 g/mol. The molecule has 7 nitrogen and oxygen atoms in total. The average Bonchev–Trinajstić information content (AvgIpc) is 2.96. The van der Waals surface area contributed by atoms with Crippen LogP contribution in [-0.4, -0.2) is 58.5 Å². The van der Waals surface area contributed by atoms with Gasteiger partial charge in [-0.05, 0) is 43.4 Å². The van der Waals surface area contributed by atoms with Gasteiger partial charge >= 0.3 is 0 Å². The lowest BCUT2D eigenvalue weighted by atomic mass is 10.2. The molecule has 1 aliphatic heterocycles. The van der Waals surface area contributed by atoms with Gasteiger partial charge in [-0.15, -0.1) is 0 Å². The number of H-pyrrole nitrogens is 1. The number of hydrogen-bond acceptors (Lipinski definition) is 5. The second-order valence-electron chi connectivity index (χ2n) is 5.69. The average molecular weight is 348 g/mol. The number of ether oxygens (including phenoxy) is 2. The highest BCUT2D eigenvalue weighted by Gasteiger charge is 2.22. The summed E-state index contributed by atoms with van der Waals surface area (Å²) in [5, 5.41) is 7.03. The Morgan fingerprint density at radius 1 is 1.46 bits per heavy atom. The van der Waals surface area contributed by atoms with Gasteiger partial charge in [0.05, 0.1) is 19.8 Å². The van der Waals surface area contributed by atoms with E-state index in [0.29, 0.717) is 30.3 Å². The first-order valence-corrected chi connectivity index (χ1v) is 8.18. The number of benzene rings is 1. The van der Waals surface area contributed by atoms with E-state index in [1.807, 2.05) is 31.2 Å². The lowest BCUT2D eigenvalue weighted by Gasteiger charge is -2.31. The quantitative estimate of drug-likeness (QED) is 0.854. The third-order valence-electron chi connectivity index (χ3n) is 3.99. The van der Waals surface area contributed by atoms with E-state index in [0.717, 1.165) is 11.3 Å². The first-order valence-electron chi connectivity index (χ1n) is 7.77. The second kappa shape index (κ2) is 7.14. The van der Waals surface area contributed by atoms with Crippen molar-refractivity contribution in [3.05, 3.63) is 29.0 Å². The van der Waals surface area contributed by atoms with Gasteiger partial charge in [-0.25, -0.2) is 0 Å². The summed E-state index contributed by atoms with van der Waals surface area (Å²) in [6.45, 7) is 3.89. The van der Waals surface area contributed by atoms with E-state index in [1.54, 1.807) is 16.6 Å². The van der Waals surface area contributed by atoms with Crippen molar-refractivity contribution in [1.29, 1.82) is 0 Å². The van der Waals surface area contributed by atoms with Gasteiger partial charge in [-0.2, -0.15) is 5.10 Å². The Labute approximate surface area is 145 Å². The molecule has 0 radical (unpaired) electrons. The van der Waals surface area contributed by atoms with E-state index in [-0.39, 0.29) is 18.6 Å². The summed E-state index contributed by atoms with van der Waals surface area (Å²) in [6, 6.07) is 7.48. The van der Waals surface area contributed by atoms with Crippen LogP contribution in [0.2, 0.25) is 0 Å². The number of aromatic amines is 1. The van der Waals surface area contributed by atoms with Crippen molar-refractivity contribution in [3.8, 4) is 17.1 Å². The number of carbonyl (C=O) groups excluding carboxylic acids is 1. The molecule has 1 N–H and O–H groups in total. The Morgan fingerprint density at radius 3 is 2.88 bits per heavy atom. The maximum absolute atomic E-state index is 12.6. The molecule has 1 aromatic carbocycles. The molecule has 3 rings (SSSR count). The minimum Gasteiger partial charge on any atom is -0.497 e. The normalized spacial score (nSPS) is 17.8. The Bertz CT molecular complexity index is 768. The van der Waals surface area contributed by atoms with Crippen LogP contribution in [0.25, 0.3) is 11.4 Å². The summed E-state index contributed by atoms with van der Waals surface area (Å²) in [5.74, 6) is 1.41. The van der Waals surface area contributed by atoms with Crippen LogP contribution in [0.15, 0.2) is 24.3 Å². The number of rotatable bonds is 4. The fourth-order valence-electron chi connectivity index (χ4n) is 2.71. The molecule has 0 unspecified atom stereocenters. The minimum atomic E-state index is 0.0115. The summed E-state index contributed by atoms with van der Waals surface area (Å²) in [4.78, 5) is 14.4. The largest absolute Gasteiger partial charge is 0.497 e. The van der Waals surface area contributed by atoms with Gasteiger partial charge < -0.3 is 14.4 Å². The van der Waals surface area contributed by atoms with E-state index in [9.17, 15) is 4.79 Å². The van der Waals surface area contributed by atoms with Crippen molar-refractivity contribution in [2.75, 3.05) is 26.8 Å². The third kappa shape index (κ3) is 3.49. The molecule has 1 fully saturated rings. The first-order chi connectivity index (χ1) is 11.6. The Balaban J connectivity index is 1.82. The Morgan fingerprint density at radius 2 is 2.21 bits per heavy atom. The van der Waals surface area contributed by atoms with Gasteiger partial charge in [-0.1, -0.05) is 0 Å². The van der Waals surface area contributed by atoms with Crippen molar-refractivity contribution < 1.29 is 14.3 Å². The zero-order chi connectivity index (χ0) is 17.1. The highest BCUT2D eigenvalue weighted by atomic mass is 32.1. The summed E-state index contributed by atoms with van der Waals surface area (Å²) in [7, 11) is 1.62. The number of hydrogen-bond donors (Lipinski definition) is 1. The molecule has 128 valence electrons. The molecular weight excluding hydrogens is 328 g/mol. The highest BCUT2D eigenvalue weighted by molar-refractivity contribution is 7.71. The van der Waals surface area contributed by atoms with Gasteiger partial charge in [0.15, 0.2) is 10.6 Å². The highest BCUT2D eigenvalue weighted by Crippen LogP contribution is 2.21. The molecule has 24 heavy (non-hydrogen) atoms. The third-order valence-corrected chi connectivity index (χ3v) is 4.31. The molecule has 1 aliphatic rings. The van der Waals surface area contributed by atoms with Crippen LogP contribution >= 0.6 is 12.2 Å². The lowest BCUT2D eigenvalue weighted by molar-refractivity contribution is -0.138. The first kappa shape index (κ1) is 16.7. The molecule has 0 aliphatic carbocycles. The topological polar surface area (TPSA) is 72.4 Å². The van der Waals surface area contributed by atoms with Crippen LogP contribution in [0.1, 0.15) is 6.92 Å². The number of carbonyl (C=O) groups is 1. The predicted octanol–water partition coefficient (Wildman–Crippen LogP) is 1.86. The van der Waals surface area contributed by atoms with Crippen molar-refractivity contribution in [3.63, 3.8) is 0 Å². The summed E-state index contributed by atoms with van der Waals surface area (Å²) >= 11 is 5.29. The molecule has 1 atom stereocenters. The SMILES string of the molecule is COc1ccc(-c2n[nH]c(=S)n2CC(=O)N2CCO[C@@H](C)C2)cc1. The molecular formula is C16H20N4O3S. The van der Waals surface area contributed by atoms with Crippen molar-refractivity contribution in [2.45, 2.75) is 19.6 Å². The van der Waals surface area contributed by atoms with Crippen molar-refractivity contribution in [2.24, 2.45) is 0 Å². The maximum atomic E-state index is 12.6. The molecule has 1 aromatic heterocycles. The lowest BCUT2D eigenvalue weighted by Crippen LogP contribution is -2.45. The molecule has 0 spiro atoms. The molecule has 1 saturated heterocycles. The van der Waals surface area contributed by atoms with Gasteiger partial charge in [0.1, 0.15) is 12.3 Å². The maximum Gasteiger partial charge on any atom is 0.242 e. The Hall–Kier alpha value is -2.19. The van der Waals surface area contributed by atoms with Gasteiger partial charge in [0.25, 0.3) is 0 Å². The van der Waals surface area contributed by atoms with Crippen molar-refractivity contribution >= 4 is 18.1 Å². The van der Waals surface area contributed by atoms with Gasteiger partial charge in [0.2, 0.25) is 5.91 Å². The molecule has 0 saturated carbocycles. The number of aromatic nitrogens is 3. The van der Waals surface area contributed by atoms with E-state index >= 15 is 0 Å².